The molecule has 0 aliphatic rings. The lowest BCUT2D eigenvalue weighted by molar-refractivity contribution is -0.141. The summed E-state index contributed by atoms with van der Waals surface area (Å²) in [7, 11) is 0. The van der Waals surface area contributed by atoms with E-state index in [1.807, 2.05) is 20.8 Å². The van der Waals surface area contributed by atoms with Crippen LogP contribution in [0.2, 0.25) is 5.02 Å². The molecule has 1 rings (SSSR count). The lowest BCUT2D eigenvalue weighted by Gasteiger charge is -2.09. The number of aromatic nitrogens is 2. The van der Waals surface area contributed by atoms with Crippen molar-refractivity contribution in [2.24, 2.45) is 0 Å². The molecule has 0 saturated carbocycles. The van der Waals surface area contributed by atoms with E-state index in [0.29, 0.717) is 11.4 Å². The molecular weight excluding hydrogens is 216 g/mol. The van der Waals surface area contributed by atoms with Gasteiger partial charge in [0.25, 0.3) is 0 Å². The van der Waals surface area contributed by atoms with Gasteiger partial charge < -0.3 is 5.11 Å². The topological polar surface area (TPSA) is 55.1 Å². The monoisotopic (exact) mass is 230 g/mol. The van der Waals surface area contributed by atoms with Gasteiger partial charge in [-0.25, -0.2) is 4.79 Å². The zero-order valence-electron chi connectivity index (χ0n) is 9.07. The van der Waals surface area contributed by atoms with Crippen LogP contribution in [0.25, 0.3) is 0 Å². The zero-order chi connectivity index (χ0) is 11.6. The SMILES string of the molecule is CCC(C(=O)O)n1cc(Cl)c(C(C)C)n1. The normalized spacial score (nSPS) is 13.1. The molecule has 1 unspecified atom stereocenters. The number of halogens is 1. The molecule has 1 heterocycles. The van der Waals surface area contributed by atoms with E-state index < -0.39 is 12.0 Å². The summed E-state index contributed by atoms with van der Waals surface area (Å²) < 4.78 is 1.43. The second-order valence-electron chi connectivity index (χ2n) is 3.76. The summed E-state index contributed by atoms with van der Waals surface area (Å²) in [4.78, 5) is 10.9. The molecule has 1 aromatic heterocycles. The van der Waals surface area contributed by atoms with Crippen molar-refractivity contribution in [1.29, 1.82) is 0 Å². The molecule has 0 bridgehead atoms. The third-order valence-electron chi connectivity index (χ3n) is 2.25. The fourth-order valence-electron chi connectivity index (χ4n) is 1.41. The fraction of sp³-hybridized carbons (Fsp3) is 0.600. The summed E-state index contributed by atoms with van der Waals surface area (Å²) in [5.41, 5.74) is 0.747. The lowest BCUT2D eigenvalue weighted by Crippen LogP contribution is -2.18. The van der Waals surface area contributed by atoms with E-state index in [-0.39, 0.29) is 5.92 Å². The Morgan fingerprint density at radius 3 is 2.60 bits per heavy atom. The Morgan fingerprint density at radius 1 is 1.67 bits per heavy atom. The standard InChI is InChI=1S/C10H15ClN2O2/c1-4-8(10(14)15)13-5-7(11)9(12-13)6(2)3/h5-6,8H,4H2,1-3H3,(H,14,15). The first kappa shape index (κ1) is 12.0. The van der Waals surface area contributed by atoms with Crippen molar-refractivity contribution in [3.63, 3.8) is 0 Å². The van der Waals surface area contributed by atoms with Crippen molar-refractivity contribution in [3.8, 4) is 0 Å². The Kier molecular flexibility index (Phi) is 3.74. The Morgan fingerprint density at radius 2 is 2.27 bits per heavy atom. The molecule has 0 spiro atoms. The predicted octanol–water partition coefficient (Wildman–Crippen LogP) is 2.70. The maximum atomic E-state index is 10.9. The van der Waals surface area contributed by atoms with Crippen molar-refractivity contribution < 1.29 is 9.90 Å². The van der Waals surface area contributed by atoms with Gasteiger partial charge in [-0.05, 0) is 12.3 Å². The summed E-state index contributed by atoms with van der Waals surface area (Å²) in [6, 6.07) is -0.630. The molecule has 0 amide bonds. The summed E-state index contributed by atoms with van der Waals surface area (Å²) >= 11 is 5.97. The third-order valence-corrected chi connectivity index (χ3v) is 2.54. The number of hydrogen-bond donors (Lipinski definition) is 1. The van der Waals surface area contributed by atoms with Crippen molar-refractivity contribution >= 4 is 17.6 Å². The van der Waals surface area contributed by atoms with Gasteiger partial charge >= 0.3 is 5.97 Å². The Labute approximate surface area is 93.9 Å². The molecule has 0 saturated heterocycles. The van der Waals surface area contributed by atoms with Crippen LogP contribution < -0.4 is 0 Å². The van der Waals surface area contributed by atoms with Crippen molar-refractivity contribution in [2.45, 2.75) is 39.2 Å². The van der Waals surface area contributed by atoms with Crippen LogP contribution in [0.4, 0.5) is 0 Å². The van der Waals surface area contributed by atoms with Crippen LogP contribution >= 0.6 is 11.6 Å². The number of carboxylic acids is 1. The molecule has 1 N–H and O–H groups in total. The molecule has 0 aromatic carbocycles. The molecule has 1 atom stereocenters. The van der Waals surface area contributed by atoms with Crippen molar-refractivity contribution in [1.82, 2.24) is 9.78 Å². The number of nitrogens with zero attached hydrogens (tertiary/aromatic N) is 2. The zero-order valence-corrected chi connectivity index (χ0v) is 9.82. The summed E-state index contributed by atoms with van der Waals surface area (Å²) in [6.45, 7) is 5.75. The molecule has 0 fully saturated rings. The van der Waals surface area contributed by atoms with Crippen LogP contribution in [0.1, 0.15) is 44.8 Å². The van der Waals surface area contributed by atoms with E-state index in [1.165, 1.54) is 4.68 Å². The minimum absolute atomic E-state index is 0.199. The third kappa shape index (κ3) is 2.50. The maximum absolute atomic E-state index is 10.9. The number of hydrogen-bond acceptors (Lipinski definition) is 2. The highest BCUT2D eigenvalue weighted by Gasteiger charge is 2.20. The van der Waals surface area contributed by atoms with Crippen LogP contribution in [0.15, 0.2) is 6.20 Å². The summed E-state index contributed by atoms with van der Waals surface area (Å²) in [5.74, 6) is -0.683. The summed E-state index contributed by atoms with van der Waals surface area (Å²) in [6.07, 6.45) is 2.07. The molecular formula is C10H15ClN2O2. The smallest absolute Gasteiger partial charge is 0.328 e. The molecule has 0 aliphatic heterocycles. The number of carboxylic acid groups (broad SMARTS) is 1. The van der Waals surface area contributed by atoms with Gasteiger partial charge in [-0.3, -0.25) is 4.68 Å². The van der Waals surface area contributed by atoms with Crippen molar-refractivity contribution in [3.05, 3.63) is 16.9 Å². The fourth-order valence-corrected chi connectivity index (χ4v) is 1.77. The molecule has 4 nitrogen and oxygen atoms in total. The van der Waals surface area contributed by atoms with Gasteiger partial charge in [-0.15, -0.1) is 0 Å². The number of rotatable bonds is 4. The van der Waals surface area contributed by atoms with E-state index >= 15 is 0 Å². The maximum Gasteiger partial charge on any atom is 0.328 e. The highest BCUT2D eigenvalue weighted by molar-refractivity contribution is 6.31. The van der Waals surface area contributed by atoms with Crippen molar-refractivity contribution in [2.75, 3.05) is 0 Å². The first-order valence-corrected chi connectivity index (χ1v) is 5.32. The van der Waals surface area contributed by atoms with Crippen LogP contribution in [0.5, 0.6) is 0 Å². The van der Waals surface area contributed by atoms with Gasteiger partial charge in [-0.2, -0.15) is 5.10 Å². The second-order valence-corrected chi connectivity index (χ2v) is 4.17. The van der Waals surface area contributed by atoms with Gasteiger partial charge in [0, 0.05) is 6.20 Å². The highest BCUT2D eigenvalue weighted by Crippen LogP contribution is 2.24. The van der Waals surface area contributed by atoms with Gasteiger partial charge in [0.05, 0.1) is 10.7 Å². The van der Waals surface area contributed by atoms with Gasteiger partial charge in [-0.1, -0.05) is 32.4 Å². The predicted molar refractivity (Wildman–Crippen MR) is 58.3 cm³/mol. The van der Waals surface area contributed by atoms with E-state index in [2.05, 4.69) is 5.10 Å². The first-order chi connectivity index (χ1) is 6.97. The molecule has 15 heavy (non-hydrogen) atoms. The lowest BCUT2D eigenvalue weighted by atomic mass is 10.1. The number of aliphatic carboxylic acids is 1. The molecule has 0 aliphatic carbocycles. The van der Waals surface area contributed by atoms with E-state index in [0.717, 1.165) is 5.69 Å². The average Bonchev–Trinajstić information content (AvgIpc) is 2.48. The minimum atomic E-state index is -0.882. The first-order valence-electron chi connectivity index (χ1n) is 4.94. The molecule has 84 valence electrons. The van der Waals surface area contributed by atoms with Gasteiger partial charge in [0.2, 0.25) is 0 Å². The van der Waals surface area contributed by atoms with Crippen LogP contribution in [0.3, 0.4) is 0 Å². The Hall–Kier alpha value is -1.03. The largest absolute Gasteiger partial charge is 0.480 e. The van der Waals surface area contributed by atoms with Gasteiger partial charge in [0.15, 0.2) is 0 Å². The van der Waals surface area contributed by atoms with Gasteiger partial charge in [0.1, 0.15) is 6.04 Å². The van der Waals surface area contributed by atoms with E-state index in [1.54, 1.807) is 6.20 Å². The summed E-state index contributed by atoms with van der Waals surface area (Å²) in [5, 5.41) is 13.7. The van der Waals surface area contributed by atoms with Crippen LogP contribution in [-0.2, 0) is 4.79 Å². The second kappa shape index (κ2) is 4.66. The average molecular weight is 231 g/mol. The van der Waals surface area contributed by atoms with E-state index in [4.69, 9.17) is 16.7 Å². The Balaban J connectivity index is 3.05. The Bertz CT molecular complexity index is 360. The highest BCUT2D eigenvalue weighted by atomic mass is 35.5. The van der Waals surface area contributed by atoms with Crippen LogP contribution in [0, 0.1) is 0 Å². The molecule has 0 radical (unpaired) electrons. The molecule has 5 heteroatoms. The number of carbonyl (C=O) groups is 1. The molecule has 1 aromatic rings. The van der Waals surface area contributed by atoms with E-state index in [9.17, 15) is 4.79 Å². The minimum Gasteiger partial charge on any atom is -0.480 e. The quantitative estimate of drug-likeness (QED) is 0.865. The van der Waals surface area contributed by atoms with Crippen LogP contribution in [-0.4, -0.2) is 20.9 Å².